The van der Waals surface area contributed by atoms with Crippen molar-refractivity contribution in [3.8, 4) is 16.5 Å². The van der Waals surface area contributed by atoms with Gasteiger partial charge in [-0.2, -0.15) is 13.2 Å². The largest absolute Gasteiger partial charge is 0.490 e. The molecule has 12 heteroatoms. The Morgan fingerprint density at radius 2 is 1.84 bits per heavy atom. The molecule has 0 radical (unpaired) electrons. The maximum Gasteiger partial charge on any atom is 0.490 e. The molecular weight excluding hydrogens is 507 g/mol. The number of carboxylic acid groups (broad SMARTS) is 1. The maximum absolute atomic E-state index is 13.1. The topological polar surface area (TPSA) is 102 Å². The Morgan fingerprint density at radius 3 is 2.49 bits per heavy atom. The van der Waals surface area contributed by atoms with Crippen LogP contribution in [0.1, 0.15) is 21.7 Å². The lowest BCUT2D eigenvalue weighted by Gasteiger charge is -2.05. The molecule has 0 fully saturated rings. The van der Waals surface area contributed by atoms with E-state index in [0.29, 0.717) is 5.56 Å². The van der Waals surface area contributed by atoms with Crippen LogP contribution in [0.4, 0.5) is 18.9 Å². The lowest BCUT2D eigenvalue weighted by atomic mass is 10.2. The van der Waals surface area contributed by atoms with E-state index in [4.69, 9.17) is 14.9 Å². The Morgan fingerprint density at radius 1 is 1.08 bits per heavy atom. The lowest BCUT2D eigenvalue weighted by molar-refractivity contribution is -0.192. The Kier molecular flexibility index (Phi) is 7.11. The number of aryl methyl sites for hydroxylation is 2. The van der Waals surface area contributed by atoms with Crippen LogP contribution in [0, 0.1) is 13.8 Å². The maximum atomic E-state index is 13.1. The van der Waals surface area contributed by atoms with E-state index in [-0.39, 0.29) is 5.91 Å². The number of carboxylic acids is 1. The number of carbonyl (C=O) groups is 2. The highest BCUT2D eigenvalue weighted by Crippen LogP contribution is 2.28. The number of fused-ring (bicyclic) bond motifs is 1. The van der Waals surface area contributed by atoms with Crippen LogP contribution in [0.2, 0.25) is 0 Å². The third kappa shape index (κ3) is 5.70. The first-order valence-corrected chi connectivity index (χ1v) is 11.7. The molecule has 0 spiro atoms. The molecule has 1 aromatic carbocycles. The predicted molar refractivity (Wildman–Crippen MR) is 133 cm³/mol. The van der Waals surface area contributed by atoms with Gasteiger partial charge in [0.1, 0.15) is 11.5 Å². The lowest BCUT2D eigenvalue weighted by Crippen LogP contribution is -2.21. The summed E-state index contributed by atoms with van der Waals surface area (Å²) in [7, 11) is 0. The van der Waals surface area contributed by atoms with Gasteiger partial charge in [0.2, 0.25) is 0 Å². The molecule has 5 rings (SSSR count). The number of rotatable bonds is 4. The molecule has 4 heterocycles. The van der Waals surface area contributed by atoms with Gasteiger partial charge in [0, 0.05) is 29.7 Å². The summed E-state index contributed by atoms with van der Waals surface area (Å²) in [5, 5.41) is 12.9. The monoisotopic (exact) mass is 527 g/mol. The number of carbonyl (C=O) groups excluding carboxylic acids is 1. The van der Waals surface area contributed by atoms with Gasteiger partial charge in [-0.1, -0.05) is 18.2 Å². The second-order valence-electron chi connectivity index (χ2n) is 7.88. The number of hydrogen-bond acceptors (Lipinski definition) is 5. The van der Waals surface area contributed by atoms with E-state index in [0.717, 1.165) is 39.1 Å². The molecule has 0 saturated carbocycles. The number of nitrogens with zero attached hydrogens (tertiary/aromatic N) is 4. The second-order valence-corrected chi connectivity index (χ2v) is 8.76. The summed E-state index contributed by atoms with van der Waals surface area (Å²) in [5.41, 5.74) is 4.96. The molecular formula is C25H20F3N5O3S. The van der Waals surface area contributed by atoms with Crippen molar-refractivity contribution >= 4 is 34.4 Å². The van der Waals surface area contributed by atoms with Gasteiger partial charge in [0.05, 0.1) is 16.8 Å². The summed E-state index contributed by atoms with van der Waals surface area (Å²) in [4.78, 5) is 31.1. The number of halogens is 3. The Bertz CT molecular complexity index is 1570. The molecule has 8 nitrogen and oxygen atoms in total. The average Bonchev–Trinajstić information content (AvgIpc) is 3.57. The van der Waals surface area contributed by atoms with Crippen LogP contribution in [0.5, 0.6) is 0 Å². The van der Waals surface area contributed by atoms with E-state index >= 15 is 0 Å². The van der Waals surface area contributed by atoms with E-state index < -0.39 is 12.1 Å². The highest BCUT2D eigenvalue weighted by Gasteiger charge is 2.38. The first kappa shape index (κ1) is 25.6. The molecule has 0 unspecified atom stereocenters. The number of hydrogen-bond donors (Lipinski definition) is 2. The molecule has 0 atom stereocenters. The average molecular weight is 528 g/mol. The zero-order valence-corrected chi connectivity index (χ0v) is 20.3. The molecule has 0 bridgehead atoms. The number of aliphatic carboxylic acids is 1. The smallest absolute Gasteiger partial charge is 0.475 e. The van der Waals surface area contributed by atoms with Crippen LogP contribution in [0.3, 0.4) is 0 Å². The Balaban J connectivity index is 0.000000405. The standard InChI is InChI=1S/C23H19N5OS.C2HF3O2/c1-15-6-5-7-17(12-15)26-22(29)18-13-21(27-10-4-3-8-20(18)27)19-14-28(16(2)25-19)23-24-9-11-30-23;3-2(4,5)1(6)7/h3-14H,1-2H3,(H,26,29);(H,6,7). The highest BCUT2D eigenvalue weighted by molar-refractivity contribution is 7.12. The van der Waals surface area contributed by atoms with Crippen molar-refractivity contribution in [2.45, 2.75) is 20.0 Å². The van der Waals surface area contributed by atoms with Crippen LogP contribution in [-0.2, 0) is 4.79 Å². The number of amides is 1. The number of imidazole rings is 1. The van der Waals surface area contributed by atoms with E-state index in [1.165, 1.54) is 0 Å². The highest BCUT2D eigenvalue weighted by atomic mass is 32.1. The van der Waals surface area contributed by atoms with Gasteiger partial charge in [-0.05, 0) is 49.7 Å². The SMILES string of the molecule is Cc1cccc(NC(=O)c2cc(-c3cn(-c4nccs4)c(C)n3)n3ccccc23)c1.O=C(O)C(F)(F)F. The number of nitrogens with one attached hydrogen (secondary N) is 1. The summed E-state index contributed by atoms with van der Waals surface area (Å²) in [6.45, 7) is 3.95. The van der Waals surface area contributed by atoms with Gasteiger partial charge >= 0.3 is 12.1 Å². The number of aromatic nitrogens is 4. The number of anilines is 1. The minimum Gasteiger partial charge on any atom is -0.475 e. The van der Waals surface area contributed by atoms with Gasteiger partial charge in [-0.15, -0.1) is 11.3 Å². The van der Waals surface area contributed by atoms with Crippen molar-refractivity contribution in [3.05, 3.63) is 89.5 Å². The van der Waals surface area contributed by atoms with Crippen LogP contribution in [-0.4, -0.2) is 42.1 Å². The van der Waals surface area contributed by atoms with Crippen molar-refractivity contribution in [2.75, 3.05) is 5.32 Å². The molecule has 1 amide bonds. The third-order valence-corrected chi connectivity index (χ3v) is 5.98. The summed E-state index contributed by atoms with van der Waals surface area (Å²) in [6.07, 6.45) is 0.608. The van der Waals surface area contributed by atoms with Gasteiger partial charge in [0.25, 0.3) is 5.91 Å². The van der Waals surface area contributed by atoms with E-state index in [9.17, 15) is 18.0 Å². The van der Waals surface area contributed by atoms with Gasteiger partial charge < -0.3 is 14.8 Å². The fourth-order valence-corrected chi connectivity index (χ4v) is 4.24. The van der Waals surface area contributed by atoms with Crippen molar-refractivity contribution in [3.63, 3.8) is 0 Å². The molecule has 2 N–H and O–H groups in total. The third-order valence-electron chi connectivity index (χ3n) is 5.21. The fraction of sp³-hybridized carbons (Fsp3) is 0.120. The summed E-state index contributed by atoms with van der Waals surface area (Å²) < 4.78 is 35.7. The summed E-state index contributed by atoms with van der Waals surface area (Å²) in [6, 6.07) is 15.5. The molecule has 4 aromatic heterocycles. The van der Waals surface area contributed by atoms with Crippen molar-refractivity contribution in [1.29, 1.82) is 0 Å². The van der Waals surface area contributed by atoms with Gasteiger partial charge in [-0.3, -0.25) is 9.36 Å². The second kappa shape index (κ2) is 10.3. The zero-order valence-electron chi connectivity index (χ0n) is 19.5. The quantitative estimate of drug-likeness (QED) is 0.310. The minimum atomic E-state index is -5.08. The first-order valence-electron chi connectivity index (χ1n) is 10.8. The molecule has 0 aliphatic rings. The zero-order chi connectivity index (χ0) is 26.7. The van der Waals surface area contributed by atoms with E-state index in [1.54, 1.807) is 17.5 Å². The first-order chi connectivity index (χ1) is 17.5. The van der Waals surface area contributed by atoms with Crippen molar-refractivity contribution in [1.82, 2.24) is 18.9 Å². The van der Waals surface area contributed by atoms with Gasteiger partial charge in [-0.25, -0.2) is 14.8 Å². The Labute approximate surface area is 212 Å². The molecule has 37 heavy (non-hydrogen) atoms. The molecule has 0 saturated heterocycles. The number of alkyl halides is 3. The molecule has 190 valence electrons. The normalized spacial score (nSPS) is 11.2. The summed E-state index contributed by atoms with van der Waals surface area (Å²) in [5.74, 6) is -2.06. The number of thiazole rings is 1. The van der Waals surface area contributed by atoms with Crippen LogP contribution >= 0.6 is 11.3 Å². The van der Waals surface area contributed by atoms with Crippen LogP contribution in [0.15, 0.2) is 72.5 Å². The van der Waals surface area contributed by atoms with Gasteiger partial charge in [0.15, 0.2) is 5.13 Å². The van der Waals surface area contributed by atoms with E-state index in [1.807, 2.05) is 89.1 Å². The molecule has 0 aliphatic heterocycles. The minimum absolute atomic E-state index is 0.147. The summed E-state index contributed by atoms with van der Waals surface area (Å²) >= 11 is 1.56. The Hall–Kier alpha value is -4.45. The fourth-order valence-electron chi connectivity index (χ4n) is 3.58. The van der Waals surface area contributed by atoms with Crippen molar-refractivity contribution in [2.24, 2.45) is 0 Å². The van der Waals surface area contributed by atoms with Crippen molar-refractivity contribution < 1.29 is 27.9 Å². The molecule has 0 aliphatic carbocycles. The number of benzene rings is 1. The van der Waals surface area contributed by atoms with Crippen LogP contribution < -0.4 is 5.32 Å². The number of pyridine rings is 1. The van der Waals surface area contributed by atoms with E-state index in [2.05, 4.69) is 10.3 Å². The van der Waals surface area contributed by atoms with Crippen LogP contribution in [0.25, 0.3) is 22.0 Å². The predicted octanol–water partition coefficient (Wildman–Crippen LogP) is 5.75. The molecule has 5 aromatic rings.